The molecule has 0 heterocycles. The third-order valence-corrected chi connectivity index (χ3v) is 9.68. The van der Waals surface area contributed by atoms with E-state index in [4.69, 9.17) is 9.90 Å². The molecule has 0 aromatic heterocycles. The number of halogens is 3. The molecular weight excluding hydrogens is 609 g/mol. The van der Waals surface area contributed by atoms with Crippen LogP contribution in [-0.4, -0.2) is 23.5 Å². The number of carbonyl (C=O) groups excluding carboxylic acids is 1. The zero-order valence-corrected chi connectivity index (χ0v) is 30.4. The maximum absolute atomic E-state index is 11.9. The van der Waals surface area contributed by atoms with E-state index < -0.39 is 12.1 Å². The van der Waals surface area contributed by atoms with Crippen LogP contribution in [-0.2, 0) is 9.59 Å². The Morgan fingerprint density at radius 3 is 1.67 bits per heavy atom. The second kappa shape index (κ2) is 17.1. The van der Waals surface area contributed by atoms with Gasteiger partial charge in [0, 0.05) is 11.0 Å². The lowest BCUT2D eigenvalue weighted by atomic mass is 9.72. The lowest BCUT2D eigenvalue weighted by Crippen LogP contribution is -2.21. The zero-order chi connectivity index (χ0) is 36.3. The summed E-state index contributed by atoms with van der Waals surface area (Å²) in [6.07, 6.45) is 30.4. The summed E-state index contributed by atoms with van der Waals surface area (Å²) in [4.78, 5) is 20.8. The molecule has 0 aliphatic heterocycles. The normalized spacial score (nSPS) is 23.9. The first-order valence-electron chi connectivity index (χ1n) is 16.9. The molecule has 0 saturated carbocycles. The minimum atomic E-state index is -5.08. The van der Waals surface area contributed by atoms with Gasteiger partial charge in [0.15, 0.2) is 0 Å². The lowest BCUT2D eigenvalue weighted by molar-refractivity contribution is -0.192. The molecule has 1 unspecified atom stereocenters. The van der Waals surface area contributed by atoms with Gasteiger partial charge in [-0.15, -0.1) is 0 Å². The van der Waals surface area contributed by atoms with Crippen molar-refractivity contribution in [3.8, 4) is 0 Å². The molecule has 0 saturated heterocycles. The average molecular weight is 665 g/mol. The summed E-state index contributed by atoms with van der Waals surface area (Å²) in [5.41, 5.74) is 10.7. The van der Waals surface area contributed by atoms with Crippen molar-refractivity contribution in [2.45, 2.75) is 113 Å². The maximum Gasteiger partial charge on any atom is 0.490 e. The standard InChI is InChI=1S/C40H54O.C2HF3O2/c1-30(19-23-36-32(3)16-12-25-38(36,5)6)14-10-18-34-21-22-35(29-41)40(9,28-34)27-11-15-31(2)20-24-37-33(4)17-13-26-39(37,7)8;3-2(4,5)1(6)7/h10-11,14-15,18-24,27,29H,12-13,16-17,25-26,28H2,1-9H3;(H,6,7)/b18-10+,23-19+,24-20+,27-11+,30-14+,31-15+;. The van der Waals surface area contributed by atoms with Gasteiger partial charge >= 0.3 is 12.1 Å². The van der Waals surface area contributed by atoms with Gasteiger partial charge in [-0.3, -0.25) is 4.79 Å². The summed E-state index contributed by atoms with van der Waals surface area (Å²) in [6.45, 7) is 20.5. The highest BCUT2D eigenvalue weighted by Crippen LogP contribution is 2.42. The second-order valence-corrected chi connectivity index (χ2v) is 14.9. The van der Waals surface area contributed by atoms with Crippen LogP contribution in [0.15, 0.2) is 117 Å². The van der Waals surface area contributed by atoms with Crippen LogP contribution in [0.25, 0.3) is 0 Å². The van der Waals surface area contributed by atoms with Crippen molar-refractivity contribution in [3.63, 3.8) is 0 Å². The molecule has 0 amide bonds. The van der Waals surface area contributed by atoms with Gasteiger partial charge in [-0.05, 0) is 100 Å². The Bertz CT molecular complexity index is 1510. The number of aldehydes is 1. The average Bonchev–Trinajstić information content (AvgIpc) is 2.96. The number of hydrogen-bond donors (Lipinski definition) is 1. The molecule has 0 radical (unpaired) electrons. The van der Waals surface area contributed by atoms with Crippen LogP contribution < -0.4 is 0 Å². The molecule has 48 heavy (non-hydrogen) atoms. The largest absolute Gasteiger partial charge is 0.490 e. The number of carboxylic acid groups (broad SMARTS) is 1. The highest BCUT2D eigenvalue weighted by molar-refractivity contribution is 5.78. The van der Waals surface area contributed by atoms with Gasteiger partial charge in [0.1, 0.15) is 6.29 Å². The van der Waals surface area contributed by atoms with E-state index in [9.17, 15) is 18.0 Å². The van der Waals surface area contributed by atoms with Crippen LogP contribution in [0.1, 0.15) is 107 Å². The molecule has 6 heteroatoms. The Hall–Kier alpha value is -3.67. The van der Waals surface area contributed by atoms with E-state index in [0.717, 1.165) is 18.3 Å². The molecule has 0 spiro atoms. The molecule has 3 aliphatic rings. The summed E-state index contributed by atoms with van der Waals surface area (Å²) < 4.78 is 31.7. The van der Waals surface area contributed by atoms with Gasteiger partial charge in [-0.1, -0.05) is 130 Å². The van der Waals surface area contributed by atoms with E-state index in [1.807, 2.05) is 6.08 Å². The smallest absolute Gasteiger partial charge is 0.475 e. The third-order valence-electron chi connectivity index (χ3n) is 9.68. The zero-order valence-electron chi connectivity index (χ0n) is 30.4. The van der Waals surface area contributed by atoms with Crippen molar-refractivity contribution >= 4 is 12.3 Å². The lowest BCUT2D eigenvalue weighted by Gasteiger charge is -2.33. The molecule has 3 nitrogen and oxygen atoms in total. The molecule has 0 aromatic carbocycles. The monoisotopic (exact) mass is 664 g/mol. The van der Waals surface area contributed by atoms with Crippen LogP contribution >= 0.6 is 0 Å². The Morgan fingerprint density at radius 1 is 0.792 bits per heavy atom. The Balaban J connectivity index is 0.00000103. The topological polar surface area (TPSA) is 54.4 Å². The van der Waals surface area contributed by atoms with E-state index in [0.29, 0.717) is 0 Å². The molecule has 1 atom stereocenters. The van der Waals surface area contributed by atoms with Gasteiger partial charge in [0.2, 0.25) is 0 Å². The van der Waals surface area contributed by atoms with Gasteiger partial charge in [0.05, 0.1) is 0 Å². The molecule has 1 N–H and O–H groups in total. The fourth-order valence-corrected chi connectivity index (χ4v) is 6.71. The first-order valence-corrected chi connectivity index (χ1v) is 16.9. The van der Waals surface area contributed by atoms with Gasteiger partial charge in [0.25, 0.3) is 0 Å². The van der Waals surface area contributed by atoms with E-state index in [1.165, 1.54) is 77.5 Å². The number of carboxylic acids is 1. The van der Waals surface area contributed by atoms with Crippen LogP contribution in [0.4, 0.5) is 13.2 Å². The minimum absolute atomic E-state index is 0.247. The van der Waals surface area contributed by atoms with Crippen molar-refractivity contribution in [2.24, 2.45) is 16.2 Å². The first-order chi connectivity index (χ1) is 22.2. The molecular formula is C42H55F3O3. The van der Waals surface area contributed by atoms with Crippen molar-refractivity contribution in [1.29, 1.82) is 0 Å². The Morgan fingerprint density at radius 2 is 1.25 bits per heavy atom. The van der Waals surface area contributed by atoms with E-state index in [2.05, 4.69) is 129 Å². The first kappa shape index (κ1) is 40.5. The molecule has 3 rings (SSSR count). The summed E-state index contributed by atoms with van der Waals surface area (Å²) in [6, 6.07) is 0. The SMILES string of the molecule is CC1=C(/C=C/C(C)=C/C=C/C2=CC=C(C=O)C(C)(/C=C/C=C(C)/C=C/C3=C(C)CCCC3(C)C)C2)C(C)(C)CCC1.O=C(O)C(F)(F)F. The molecule has 3 aliphatic carbocycles. The van der Waals surface area contributed by atoms with Crippen molar-refractivity contribution in [3.05, 3.63) is 117 Å². The van der Waals surface area contributed by atoms with E-state index in [-0.39, 0.29) is 16.2 Å². The third kappa shape index (κ3) is 12.1. The van der Waals surface area contributed by atoms with Crippen molar-refractivity contribution < 1.29 is 27.9 Å². The number of rotatable bonds is 9. The summed E-state index contributed by atoms with van der Waals surface area (Å²) in [7, 11) is 0. The van der Waals surface area contributed by atoms with Crippen LogP contribution in [0.5, 0.6) is 0 Å². The molecule has 0 bridgehead atoms. The second-order valence-electron chi connectivity index (χ2n) is 14.9. The van der Waals surface area contributed by atoms with Crippen LogP contribution in [0, 0.1) is 16.2 Å². The van der Waals surface area contributed by atoms with Crippen molar-refractivity contribution in [2.75, 3.05) is 0 Å². The maximum atomic E-state index is 11.9. The minimum Gasteiger partial charge on any atom is -0.475 e. The van der Waals surface area contributed by atoms with Crippen LogP contribution in [0.3, 0.4) is 0 Å². The number of carbonyl (C=O) groups is 2. The number of hydrogen-bond acceptors (Lipinski definition) is 2. The summed E-state index contributed by atoms with van der Waals surface area (Å²) in [5.74, 6) is -2.76. The number of aliphatic carboxylic acids is 1. The highest BCUT2D eigenvalue weighted by atomic mass is 19.4. The highest BCUT2D eigenvalue weighted by Gasteiger charge is 2.38. The van der Waals surface area contributed by atoms with Gasteiger partial charge in [-0.25, -0.2) is 4.79 Å². The molecule has 0 fully saturated rings. The van der Waals surface area contributed by atoms with Gasteiger partial charge in [-0.2, -0.15) is 13.2 Å². The van der Waals surface area contributed by atoms with E-state index in [1.54, 1.807) is 0 Å². The van der Waals surface area contributed by atoms with Crippen molar-refractivity contribution in [1.82, 2.24) is 0 Å². The fourth-order valence-electron chi connectivity index (χ4n) is 6.71. The summed E-state index contributed by atoms with van der Waals surface area (Å²) in [5, 5.41) is 7.12. The number of alkyl halides is 3. The molecule has 262 valence electrons. The van der Waals surface area contributed by atoms with Gasteiger partial charge < -0.3 is 5.11 Å². The Labute approximate surface area is 286 Å². The predicted octanol–water partition coefficient (Wildman–Crippen LogP) is 12.3. The Kier molecular flexibility index (Phi) is 14.5. The quantitative estimate of drug-likeness (QED) is 0.197. The summed E-state index contributed by atoms with van der Waals surface area (Å²) >= 11 is 0. The van der Waals surface area contributed by atoms with Crippen LogP contribution in [0.2, 0.25) is 0 Å². The molecule has 0 aromatic rings. The predicted molar refractivity (Wildman–Crippen MR) is 193 cm³/mol. The number of allylic oxidation sites excluding steroid dienone is 20. The van der Waals surface area contributed by atoms with E-state index >= 15 is 0 Å². The fraction of sp³-hybridized carbons (Fsp3) is 0.476.